The number of aliphatic hydroxyl groups is 1. The number of benzene rings is 1. The number of fused-ring (bicyclic) bond motifs is 5. The van der Waals surface area contributed by atoms with Crippen molar-refractivity contribution < 1.29 is 17.7 Å². The summed E-state index contributed by atoms with van der Waals surface area (Å²) in [5.74, 6) is 2.17. The van der Waals surface area contributed by atoms with Crippen LogP contribution >= 0.6 is 0 Å². The zero-order valence-electron chi connectivity index (χ0n) is 15.8. The molecule has 26 heavy (non-hydrogen) atoms. The highest BCUT2D eigenvalue weighted by Crippen LogP contribution is 2.60. The molecule has 0 saturated heterocycles. The zero-order valence-corrected chi connectivity index (χ0v) is 16.6. The van der Waals surface area contributed by atoms with Gasteiger partial charge in [-0.05, 0) is 85.0 Å². The largest absolute Gasteiger partial charge is 0.393 e. The van der Waals surface area contributed by atoms with Crippen molar-refractivity contribution in [2.75, 3.05) is 14.1 Å². The van der Waals surface area contributed by atoms with Crippen LogP contribution in [0.5, 0.6) is 5.75 Å². The number of aliphatic hydroxyl groups excluding tert-OH is 1. The third-order valence-corrected chi connectivity index (χ3v) is 8.59. The van der Waals surface area contributed by atoms with Crippen molar-refractivity contribution >= 4 is 10.3 Å². The van der Waals surface area contributed by atoms with E-state index >= 15 is 0 Å². The summed E-state index contributed by atoms with van der Waals surface area (Å²) in [4.78, 5) is 0. The van der Waals surface area contributed by atoms with E-state index in [4.69, 9.17) is 4.18 Å². The third-order valence-electron chi connectivity index (χ3n) is 7.30. The average Bonchev–Trinajstić information content (AvgIpc) is 2.89. The van der Waals surface area contributed by atoms with Gasteiger partial charge in [0.25, 0.3) is 0 Å². The molecular formula is C20H29NO4S. The maximum atomic E-state index is 12.0. The molecule has 3 aliphatic carbocycles. The SMILES string of the molecule is CN(C)S(=O)(=O)Oc1ccc2c(c1)CCC1C2CC[C@@]2(C)C1CC[C@@H]2O. The van der Waals surface area contributed by atoms with Crippen LogP contribution in [0.4, 0.5) is 0 Å². The second-order valence-corrected chi connectivity index (χ2v) is 10.5. The van der Waals surface area contributed by atoms with Crippen molar-refractivity contribution in [3.05, 3.63) is 29.3 Å². The van der Waals surface area contributed by atoms with Gasteiger partial charge in [0.1, 0.15) is 5.75 Å². The molecular weight excluding hydrogens is 350 g/mol. The summed E-state index contributed by atoms with van der Waals surface area (Å²) < 4.78 is 30.2. The second kappa shape index (κ2) is 6.21. The topological polar surface area (TPSA) is 66.8 Å². The first kappa shape index (κ1) is 18.3. The van der Waals surface area contributed by atoms with E-state index in [0.29, 0.717) is 23.5 Å². The molecule has 0 amide bonds. The van der Waals surface area contributed by atoms with E-state index in [0.717, 1.165) is 42.8 Å². The summed E-state index contributed by atoms with van der Waals surface area (Å²) >= 11 is 0. The first-order valence-corrected chi connectivity index (χ1v) is 11.0. The van der Waals surface area contributed by atoms with Gasteiger partial charge in [0.15, 0.2) is 0 Å². The van der Waals surface area contributed by atoms with Crippen LogP contribution in [-0.4, -0.2) is 38.0 Å². The molecule has 0 bridgehead atoms. The summed E-state index contributed by atoms with van der Waals surface area (Å²) in [6.45, 7) is 2.28. The van der Waals surface area contributed by atoms with Gasteiger partial charge in [-0.15, -0.1) is 0 Å². The van der Waals surface area contributed by atoms with E-state index in [-0.39, 0.29) is 11.5 Å². The summed E-state index contributed by atoms with van der Waals surface area (Å²) in [5, 5.41) is 10.5. The minimum atomic E-state index is -3.72. The van der Waals surface area contributed by atoms with Gasteiger partial charge in [0.05, 0.1) is 6.10 Å². The normalized spacial score (nSPS) is 36.3. The number of hydrogen-bond donors (Lipinski definition) is 1. The summed E-state index contributed by atoms with van der Waals surface area (Å²) in [6, 6.07) is 5.77. The number of hydrogen-bond acceptors (Lipinski definition) is 4. The lowest BCUT2D eigenvalue weighted by molar-refractivity contribution is -0.0226. The number of rotatable bonds is 3. The fraction of sp³-hybridized carbons (Fsp3) is 0.700. The van der Waals surface area contributed by atoms with Crippen LogP contribution in [0.1, 0.15) is 56.1 Å². The Morgan fingerprint density at radius 2 is 1.96 bits per heavy atom. The Kier molecular flexibility index (Phi) is 4.36. The van der Waals surface area contributed by atoms with Gasteiger partial charge < -0.3 is 9.29 Å². The standard InChI is InChI=1S/C20H29NO4S/c1-20-11-10-16-15-7-5-14(25-26(23,24)21(2)3)12-13(15)4-6-17(16)18(20)8-9-19(20)22/h5,7,12,16-19,22H,4,6,8-11H2,1-3H3/t16?,17?,18?,19-,20-/m0/s1. The Balaban J connectivity index is 1.60. The molecule has 4 rings (SSSR count). The van der Waals surface area contributed by atoms with Crippen LogP contribution in [0.15, 0.2) is 18.2 Å². The molecule has 3 unspecified atom stereocenters. The number of nitrogens with zero attached hydrogens (tertiary/aromatic N) is 1. The molecule has 2 saturated carbocycles. The van der Waals surface area contributed by atoms with Gasteiger partial charge in [-0.3, -0.25) is 0 Å². The molecule has 0 aliphatic heterocycles. The summed E-state index contributed by atoms with van der Waals surface area (Å²) in [5.41, 5.74) is 2.67. The van der Waals surface area contributed by atoms with E-state index in [2.05, 4.69) is 13.0 Å². The monoisotopic (exact) mass is 379 g/mol. The van der Waals surface area contributed by atoms with Gasteiger partial charge in [-0.2, -0.15) is 12.7 Å². The van der Waals surface area contributed by atoms with Crippen molar-refractivity contribution in [3.63, 3.8) is 0 Å². The molecule has 1 aromatic rings. The minimum absolute atomic E-state index is 0.0848. The van der Waals surface area contributed by atoms with Crippen molar-refractivity contribution in [1.82, 2.24) is 4.31 Å². The second-order valence-electron chi connectivity index (χ2n) is 8.74. The fourth-order valence-electron chi connectivity index (χ4n) is 5.78. The fourth-order valence-corrected chi connectivity index (χ4v) is 6.28. The van der Waals surface area contributed by atoms with Gasteiger partial charge >= 0.3 is 10.3 Å². The Labute approximate surface area is 156 Å². The van der Waals surface area contributed by atoms with Crippen LogP contribution in [0.2, 0.25) is 0 Å². The van der Waals surface area contributed by atoms with Crippen LogP contribution in [0.3, 0.4) is 0 Å². The quantitative estimate of drug-likeness (QED) is 0.876. The Morgan fingerprint density at radius 1 is 1.19 bits per heavy atom. The molecule has 144 valence electrons. The molecule has 0 aromatic heterocycles. The van der Waals surface area contributed by atoms with Crippen LogP contribution in [0, 0.1) is 17.3 Å². The van der Waals surface area contributed by atoms with E-state index < -0.39 is 10.3 Å². The molecule has 0 radical (unpaired) electrons. The highest BCUT2D eigenvalue weighted by Gasteiger charge is 2.54. The highest BCUT2D eigenvalue weighted by atomic mass is 32.2. The predicted molar refractivity (Wildman–Crippen MR) is 100 cm³/mol. The molecule has 1 N–H and O–H groups in total. The van der Waals surface area contributed by atoms with E-state index in [1.165, 1.54) is 25.2 Å². The molecule has 0 spiro atoms. The highest BCUT2D eigenvalue weighted by molar-refractivity contribution is 7.84. The van der Waals surface area contributed by atoms with Crippen LogP contribution < -0.4 is 4.18 Å². The molecule has 1 aromatic carbocycles. The zero-order chi connectivity index (χ0) is 18.7. The lowest BCUT2D eigenvalue weighted by Gasteiger charge is -2.50. The summed E-state index contributed by atoms with van der Waals surface area (Å²) in [6.07, 6.45) is 6.18. The molecule has 5 nitrogen and oxygen atoms in total. The third kappa shape index (κ3) is 2.77. The van der Waals surface area contributed by atoms with E-state index in [1.807, 2.05) is 6.07 Å². The van der Waals surface area contributed by atoms with Crippen molar-refractivity contribution in [2.45, 2.75) is 57.5 Å². The first-order valence-electron chi connectivity index (χ1n) is 9.65. The van der Waals surface area contributed by atoms with Gasteiger partial charge in [0, 0.05) is 14.1 Å². The van der Waals surface area contributed by atoms with Crippen molar-refractivity contribution in [1.29, 1.82) is 0 Å². The minimum Gasteiger partial charge on any atom is -0.393 e. The Bertz CT molecular complexity index is 806. The maximum Gasteiger partial charge on any atom is 0.384 e. The van der Waals surface area contributed by atoms with E-state index in [1.54, 1.807) is 6.07 Å². The predicted octanol–water partition coefficient (Wildman–Crippen LogP) is 3.09. The van der Waals surface area contributed by atoms with Crippen LogP contribution in [-0.2, 0) is 16.7 Å². The van der Waals surface area contributed by atoms with E-state index in [9.17, 15) is 13.5 Å². The van der Waals surface area contributed by atoms with Gasteiger partial charge in [-0.25, -0.2) is 0 Å². The number of aryl methyl sites for hydroxylation is 1. The lowest BCUT2D eigenvalue weighted by Crippen LogP contribution is -2.43. The van der Waals surface area contributed by atoms with Crippen molar-refractivity contribution in [3.8, 4) is 5.75 Å². The maximum absolute atomic E-state index is 12.0. The Hall–Kier alpha value is -1.11. The molecule has 2 fully saturated rings. The lowest BCUT2D eigenvalue weighted by atomic mass is 9.55. The van der Waals surface area contributed by atoms with Crippen molar-refractivity contribution in [2.24, 2.45) is 17.3 Å². The molecule has 3 aliphatic rings. The molecule has 6 heteroatoms. The van der Waals surface area contributed by atoms with Gasteiger partial charge in [0.2, 0.25) is 0 Å². The van der Waals surface area contributed by atoms with Gasteiger partial charge in [-0.1, -0.05) is 13.0 Å². The average molecular weight is 380 g/mol. The Morgan fingerprint density at radius 3 is 2.69 bits per heavy atom. The summed E-state index contributed by atoms with van der Waals surface area (Å²) in [7, 11) is -0.790. The molecule has 5 atom stereocenters. The molecule has 0 heterocycles. The first-order chi connectivity index (χ1) is 12.2. The smallest absolute Gasteiger partial charge is 0.384 e. The van der Waals surface area contributed by atoms with Crippen LogP contribution in [0.25, 0.3) is 0 Å².